The van der Waals surface area contributed by atoms with E-state index in [9.17, 15) is 0 Å². The molecule has 0 rings (SSSR count). The molecular formula is C6H9NS. The van der Waals surface area contributed by atoms with E-state index in [0.717, 1.165) is 0 Å². The zero-order chi connectivity index (χ0) is 6.57. The lowest BCUT2D eigenvalue weighted by Gasteiger charge is -2.05. The molecule has 0 aromatic carbocycles. The van der Waals surface area contributed by atoms with Crippen molar-refractivity contribution in [3.63, 3.8) is 0 Å². The average Bonchev–Trinajstić information content (AvgIpc) is 1.67. The van der Waals surface area contributed by atoms with Crippen molar-refractivity contribution in [2.75, 3.05) is 14.1 Å². The third-order valence-electron chi connectivity index (χ3n) is 0.638. The monoisotopic (exact) mass is 127 g/mol. The van der Waals surface area contributed by atoms with Crippen LogP contribution in [0.4, 0.5) is 0 Å². The summed E-state index contributed by atoms with van der Waals surface area (Å²) >= 11 is 4.83. The fraction of sp³-hybridized carbons (Fsp3) is 0.500. The topological polar surface area (TPSA) is 3.24 Å². The summed E-state index contributed by atoms with van der Waals surface area (Å²) in [5.74, 6) is 5.47. The van der Waals surface area contributed by atoms with Crippen molar-refractivity contribution in [1.29, 1.82) is 0 Å². The van der Waals surface area contributed by atoms with Crippen molar-refractivity contribution in [3.8, 4) is 11.8 Å². The van der Waals surface area contributed by atoms with Crippen LogP contribution in [0.25, 0.3) is 0 Å². The summed E-state index contributed by atoms with van der Waals surface area (Å²) in [6, 6.07) is 0. The summed E-state index contributed by atoms with van der Waals surface area (Å²) < 4.78 is 0. The molecular weight excluding hydrogens is 118 g/mol. The Labute approximate surface area is 55.7 Å². The minimum absolute atomic E-state index is 0.688. The van der Waals surface area contributed by atoms with Crippen LogP contribution in [-0.4, -0.2) is 24.0 Å². The SMILES string of the molecule is CC#CC(=S)N(C)C. The lowest BCUT2D eigenvalue weighted by molar-refractivity contribution is 0.641. The van der Waals surface area contributed by atoms with E-state index >= 15 is 0 Å². The largest absolute Gasteiger partial charge is 0.362 e. The molecule has 0 spiro atoms. The zero-order valence-electron chi connectivity index (χ0n) is 5.36. The first-order chi connectivity index (χ1) is 3.68. The molecule has 0 bridgehead atoms. The quantitative estimate of drug-likeness (QED) is 0.351. The van der Waals surface area contributed by atoms with E-state index in [4.69, 9.17) is 12.2 Å². The second-order valence-corrected chi connectivity index (χ2v) is 1.96. The second-order valence-electron chi connectivity index (χ2n) is 1.57. The van der Waals surface area contributed by atoms with Gasteiger partial charge in [0, 0.05) is 14.1 Å². The highest BCUT2D eigenvalue weighted by Gasteiger charge is 1.87. The van der Waals surface area contributed by atoms with Crippen molar-refractivity contribution in [2.24, 2.45) is 0 Å². The summed E-state index contributed by atoms with van der Waals surface area (Å²) in [6.07, 6.45) is 0. The highest BCUT2D eigenvalue weighted by molar-refractivity contribution is 7.80. The van der Waals surface area contributed by atoms with Crippen LogP contribution in [-0.2, 0) is 0 Å². The Bertz CT molecular complexity index is 138. The Hall–Kier alpha value is -0.550. The van der Waals surface area contributed by atoms with Gasteiger partial charge in [-0.25, -0.2) is 0 Å². The maximum atomic E-state index is 4.83. The van der Waals surface area contributed by atoms with Gasteiger partial charge in [-0.15, -0.1) is 0 Å². The number of rotatable bonds is 0. The Morgan fingerprint density at radius 3 is 2.12 bits per heavy atom. The van der Waals surface area contributed by atoms with Gasteiger partial charge in [0.1, 0.15) is 0 Å². The van der Waals surface area contributed by atoms with E-state index < -0.39 is 0 Å². The van der Waals surface area contributed by atoms with Gasteiger partial charge in [-0.3, -0.25) is 0 Å². The zero-order valence-corrected chi connectivity index (χ0v) is 6.17. The molecule has 0 saturated carbocycles. The molecule has 44 valence electrons. The fourth-order valence-corrected chi connectivity index (χ4v) is 0.321. The van der Waals surface area contributed by atoms with E-state index in [1.165, 1.54) is 0 Å². The maximum Gasteiger partial charge on any atom is 0.152 e. The average molecular weight is 127 g/mol. The van der Waals surface area contributed by atoms with Gasteiger partial charge in [0.25, 0.3) is 0 Å². The summed E-state index contributed by atoms with van der Waals surface area (Å²) in [6.45, 7) is 1.77. The lowest BCUT2D eigenvalue weighted by Crippen LogP contribution is -2.17. The highest BCUT2D eigenvalue weighted by atomic mass is 32.1. The minimum Gasteiger partial charge on any atom is -0.362 e. The molecule has 0 atom stereocenters. The minimum atomic E-state index is 0.688. The number of hydrogen-bond acceptors (Lipinski definition) is 1. The number of hydrogen-bond donors (Lipinski definition) is 0. The third-order valence-corrected chi connectivity index (χ3v) is 1.11. The van der Waals surface area contributed by atoms with Gasteiger partial charge in [-0.05, 0) is 12.8 Å². The first-order valence-corrected chi connectivity index (χ1v) is 2.73. The molecule has 0 saturated heterocycles. The smallest absolute Gasteiger partial charge is 0.152 e. The lowest BCUT2D eigenvalue weighted by atomic mass is 10.5. The predicted octanol–water partition coefficient (Wildman–Crippen LogP) is 0.899. The summed E-state index contributed by atoms with van der Waals surface area (Å²) in [4.78, 5) is 2.50. The molecule has 0 aliphatic rings. The Morgan fingerprint density at radius 2 is 2.00 bits per heavy atom. The highest BCUT2D eigenvalue weighted by Crippen LogP contribution is 1.77. The van der Waals surface area contributed by atoms with Gasteiger partial charge in [-0.2, -0.15) is 0 Å². The van der Waals surface area contributed by atoms with E-state index in [-0.39, 0.29) is 0 Å². The summed E-state index contributed by atoms with van der Waals surface area (Å²) in [5, 5.41) is 0. The molecule has 0 aromatic rings. The molecule has 2 heteroatoms. The Kier molecular flexibility index (Phi) is 3.21. The molecule has 0 N–H and O–H groups in total. The van der Waals surface area contributed by atoms with E-state index in [1.54, 1.807) is 6.92 Å². The number of nitrogens with zero attached hydrogens (tertiary/aromatic N) is 1. The van der Waals surface area contributed by atoms with Crippen LogP contribution < -0.4 is 0 Å². The molecule has 0 heterocycles. The van der Waals surface area contributed by atoms with Crippen LogP contribution >= 0.6 is 12.2 Å². The fourth-order valence-electron chi connectivity index (χ4n) is 0.219. The third kappa shape index (κ3) is 2.59. The second kappa shape index (κ2) is 3.45. The van der Waals surface area contributed by atoms with Gasteiger partial charge in [0.15, 0.2) is 4.99 Å². The van der Waals surface area contributed by atoms with E-state index in [2.05, 4.69) is 11.8 Å². The van der Waals surface area contributed by atoms with Gasteiger partial charge in [-0.1, -0.05) is 18.1 Å². The van der Waals surface area contributed by atoms with Crippen LogP contribution in [0.3, 0.4) is 0 Å². The standard InChI is InChI=1S/C6H9NS/c1-4-5-6(8)7(2)3/h1-3H3. The van der Waals surface area contributed by atoms with Gasteiger partial charge in [0.05, 0.1) is 0 Å². The first kappa shape index (κ1) is 7.45. The molecule has 0 fully saturated rings. The first-order valence-electron chi connectivity index (χ1n) is 2.32. The summed E-state index contributed by atoms with van der Waals surface area (Å²) in [7, 11) is 3.76. The Morgan fingerprint density at radius 1 is 1.50 bits per heavy atom. The summed E-state index contributed by atoms with van der Waals surface area (Å²) in [5.41, 5.74) is 0. The normalized spacial score (nSPS) is 6.88. The van der Waals surface area contributed by atoms with Gasteiger partial charge in [0.2, 0.25) is 0 Å². The van der Waals surface area contributed by atoms with Crippen molar-refractivity contribution in [2.45, 2.75) is 6.92 Å². The molecule has 0 aromatic heterocycles. The van der Waals surface area contributed by atoms with E-state index in [0.29, 0.717) is 4.99 Å². The van der Waals surface area contributed by atoms with Crippen LogP contribution in [0, 0.1) is 11.8 Å². The van der Waals surface area contributed by atoms with Crippen molar-refractivity contribution >= 4 is 17.2 Å². The molecule has 0 amide bonds. The van der Waals surface area contributed by atoms with Crippen molar-refractivity contribution < 1.29 is 0 Å². The van der Waals surface area contributed by atoms with Gasteiger partial charge >= 0.3 is 0 Å². The molecule has 8 heavy (non-hydrogen) atoms. The van der Waals surface area contributed by atoms with Crippen LogP contribution in [0.2, 0.25) is 0 Å². The van der Waals surface area contributed by atoms with Crippen LogP contribution in [0.15, 0.2) is 0 Å². The van der Waals surface area contributed by atoms with Crippen molar-refractivity contribution in [1.82, 2.24) is 4.90 Å². The molecule has 1 nitrogen and oxygen atoms in total. The molecule has 0 aliphatic heterocycles. The van der Waals surface area contributed by atoms with Crippen LogP contribution in [0.5, 0.6) is 0 Å². The maximum absolute atomic E-state index is 4.83. The number of thiocarbonyl (C=S) groups is 1. The van der Waals surface area contributed by atoms with Crippen LogP contribution in [0.1, 0.15) is 6.92 Å². The Balaban J connectivity index is 3.78. The molecule has 0 aliphatic carbocycles. The molecule has 0 radical (unpaired) electrons. The van der Waals surface area contributed by atoms with Crippen molar-refractivity contribution in [3.05, 3.63) is 0 Å². The van der Waals surface area contributed by atoms with E-state index in [1.807, 2.05) is 19.0 Å². The van der Waals surface area contributed by atoms with Gasteiger partial charge < -0.3 is 4.90 Å². The molecule has 0 unspecified atom stereocenters. The predicted molar refractivity (Wildman–Crippen MR) is 39.7 cm³/mol.